The second kappa shape index (κ2) is 8.13. The molecule has 0 aliphatic rings. The first-order chi connectivity index (χ1) is 7.89. The molecule has 2 nitrogen and oxygen atoms in total. The maximum Gasteiger partial charge on any atom is 0.330 e. The van der Waals surface area contributed by atoms with Crippen molar-refractivity contribution in [2.24, 2.45) is 5.92 Å². The van der Waals surface area contributed by atoms with Crippen LogP contribution >= 0.6 is 0 Å². The molecule has 3 heteroatoms. The average Bonchev–Trinajstić information content (AvgIpc) is 2.21. The maximum absolute atomic E-state index is 11.2. The molecule has 0 aromatic rings. The molecule has 0 saturated heterocycles. The minimum atomic E-state index is -1.33. The van der Waals surface area contributed by atoms with Crippen LogP contribution in [0.25, 0.3) is 0 Å². The number of esters is 1. The van der Waals surface area contributed by atoms with E-state index in [0.29, 0.717) is 6.61 Å². The number of carbonyl (C=O) groups excluding carboxylic acids is 1. The van der Waals surface area contributed by atoms with Gasteiger partial charge in [0.1, 0.15) is 8.07 Å². The van der Waals surface area contributed by atoms with Crippen LogP contribution < -0.4 is 0 Å². The molecular formula is C14H24O2Si. The van der Waals surface area contributed by atoms with E-state index in [4.69, 9.17) is 4.74 Å². The second-order valence-corrected chi connectivity index (χ2v) is 9.78. The lowest BCUT2D eigenvalue weighted by molar-refractivity contribution is -0.137. The minimum Gasteiger partial charge on any atom is -0.463 e. The molecule has 17 heavy (non-hydrogen) atoms. The van der Waals surface area contributed by atoms with Crippen molar-refractivity contribution in [1.82, 2.24) is 0 Å². The highest BCUT2D eigenvalue weighted by atomic mass is 28.3. The van der Waals surface area contributed by atoms with Crippen molar-refractivity contribution in [3.05, 3.63) is 12.2 Å². The molecule has 1 atom stereocenters. The Hall–Kier alpha value is -1.01. The van der Waals surface area contributed by atoms with Crippen LogP contribution in [0.3, 0.4) is 0 Å². The zero-order valence-corrected chi connectivity index (χ0v) is 12.7. The third-order valence-electron chi connectivity index (χ3n) is 1.98. The summed E-state index contributed by atoms with van der Waals surface area (Å²) >= 11 is 0. The molecule has 0 saturated carbocycles. The number of ether oxygens (including phenoxy) is 1. The Labute approximate surface area is 106 Å². The van der Waals surface area contributed by atoms with Gasteiger partial charge in [0.05, 0.1) is 6.61 Å². The Balaban J connectivity index is 4.52. The summed E-state index contributed by atoms with van der Waals surface area (Å²) in [5.41, 5.74) is 3.35. The topological polar surface area (TPSA) is 26.3 Å². The molecule has 0 aromatic carbocycles. The van der Waals surface area contributed by atoms with Crippen molar-refractivity contribution in [3.63, 3.8) is 0 Å². The van der Waals surface area contributed by atoms with Crippen LogP contribution in [0, 0.1) is 17.4 Å². The monoisotopic (exact) mass is 252 g/mol. The van der Waals surface area contributed by atoms with Gasteiger partial charge < -0.3 is 4.74 Å². The normalized spacial score (nSPS) is 13.0. The molecule has 0 amide bonds. The quantitative estimate of drug-likeness (QED) is 0.324. The number of carbonyl (C=O) groups is 1. The summed E-state index contributed by atoms with van der Waals surface area (Å²) in [6.45, 7) is 11.0. The van der Waals surface area contributed by atoms with E-state index in [2.05, 4.69) is 38.0 Å². The first-order valence-electron chi connectivity index (χ1n) is 6.26. The van der Waals surface area contributed by atoms with E-state index in [1.54, 1.807) is 6.92 Å². The van der Waals surface area contributed by atoms with Crippen molar-refractivity contribution < 1.29 is 9.53 Å². The molecule has 0 fully saturated rings. The predicted molar refractivity (Wildman–Crippen MR) is 75.3 cm³/mol. The Morgan fingerprint density at radius 3 is 2.47 bits per heavy atom. The van der Waals surface area contributed by atoms with Crippen molar-refractivity contribution in [3.8, 4) is 11.5 Å². The average molecular weight is 252 g/mol. The lowest BCUT2D eigenvalue weighted by atomic mass is 10.0. The van der Waals surface area contributed by atoms with Gasteiger partial charge in [-0.3, -0.25) is 0 Å². The highest BCUT2D eigenvalue weighted by Crippen LogP contribution is 2.08. The van der Waals surface area contributed by atoms with Crippen LogP contribution in [-0.4, -0.2) is 20.7 Å². The van der Waals surface area contributed by atoms with E-state index in [1.165, 1.54) is 6.08 Å². The van der Waals surface area contributed by atoms with Crippen LogP contribution in [0.5, 0.6) is 0 Å². The molecule has 0 radical (unpaired) electrons. The van der Waals surface area contributed by atoms with Gasteiger partial charge in [0.15, 0.2) is 0 Å². The third-order valence-corrected chi connectivity index (χ3v) is 2.88. The van der Waals surface area contributed by atoms with Gasteiger partial charge >= 0.3 is 5.97 Å². The smallest absolute Gasteiger partial charge is 0.330 e. The number of hydrogen-bond donors (Lipinski definition) is 0. The Kier molecular flexibility index (Phi) is 7.65. The second-order valence-electron chi connectivity index (χ2n) is 5.03. The van der Waals surface area contributed by atoms with E-state index in [-0.39, 0.29) is 11.9 Å². The minimum absolute atomic E-state index is 0.177. The Bertz CT molecular complexity index is 315. The number of allylic oxidation sites excluding steroid dienone is 1. The van der Waals surface area contributed by atoms with E-state index >= 15 is 0 Å². The Morgan fingerprint density at radius 2 is 2.00 bits per heavy atom. The van der Waals surface area contributed by atoms with Crippen LogP contribution in [0.2, 0.25) is 19.6 Å². The van der Waals surface area contributed by atoms with Gasteiger partial charge in [-0.2, -0.15) is 0 Å². The fraction of sp³-hybridized carbons (Fsp3) is 0.643. The molecule has 96 valence electrons. The van der Waals surface area contributed by atoms with Crippen LogP contribution in [0.15, 0.2) is 12.2 Å². The van der Waals surface area contributed by atoms with Crippen LogP contribution in [-0.2, 0) is 9.53 Å². The van der Waals surface area contributed by atoms with Gasteiger partial charge in [-0.1, -0.05) is 39.1 Å². The van der Waals surface area contributed by atoms with Crippen molar-refractivity contribution in [2.45, 2.75) is 46.3 Å². The summed E-state index contributed by atoms with van der Waals surface area (Å²) in [4.78, 5) is 11.2. The molecule has 0 aromatic heterocycles. The van der Waals surface area contributed by atoms with Gasteiger partial charge in [-0.25, -0.2) is 4.79 Å². The summed E-state index contributed by atoms with van der Waals surface area (Å²) < 4.78 is 4.85. The van der Waals surface area contributed by atoms with Crippen molar-refractivity contribution in [2.75, 3.05) is 6.61 Å². The zero-order valence-electron chi connectivity index (χ0n) is 11.7. The molecule has 0 heterocycles. The summed E-state index contributed by atoms with van der Waals surface area (Å²) in [5, 5.41) is 0. The third kappa shape index (κ3) is 9.89. The van der Waals surface area contributed by atoms with Gasteiger partial charge in [-0.05, 0) is 13.3 Å². The van der Waals surface area contributed by atoms with E-state index in [0.717, 1.165) is 12.8 Å². The zero-order chi connectivity index (χ0) is 13.3. The predicted octanol–water partition coefficient (Wildman–Crippen LogP) is 3.40. The van der Waals surface area contributed by atoms with E-state index < -0.39 is 8.07 Å². The Morgan fingerprint density at radius 1 is 1.35 bits per heavy atom. The number of hydrogen-bond acceptors (Lipinski definition) is 2. The maximum atomic E-state index is 11.2. The van der Waals surface area contributed by atoms with Gasteiger partial charge in [-0.15, -0.1) is 11.5 Å². The molecule has 0 aliphatic heterocycles. The van der Waals surface area contributed by atoms with Crippen LogP contribution in [0.1, 0.15) is 26.7 Å². The SMILES string of the molecule is CCCC(C#C[Si](C)(C)C)/C=C\C(=O)OCC. The number of rotatable bonds is 5. The van der Waals surface area contributed by atoms with Crippen LogP contribution in [0.4, 0.5) is 0 Å². The largest absolute Gasteiger partial charge is 0.463 e. The standard InChI is InChI=1S/C14H24O2Si/c1-6-8-13(11-12-17(3,4)5)9-10-14(15)16-7-2/h9-10,13H,6-8H2,1-5H3/b10-9-. The summed E-state index contributed by atoms with van der Waals surface area (Å²) in [6, 6.07) is 0. The summed E-state index contributed by atoms with van der Waals surface area (Å²) in [6.07, 6.45) is 5.43. The molecule has 0 spiro atoms. The summed E-state index contributed by atoms with van der Waals surface area (Å²) in [7, 11) is -1.33. The van der Waals surface area contributed by atoms with Crippen molar-refractivity contribution in [1.29, 1.82) is 0 Å². The lowest BCUT2D eigenvalue weighted by Crippen LogP contribution is -2.17. The fourth-order valence-electron chi connectivity index (χ4n) is 1.22. The summed E-state index contributed by atoms with van der Waals surface area (Å²) in [5.74, 6) is 3.18. The van der Waals surface area contributed by atoms with Gasteiger partial charge in [0.2, 0.25) is 0 Å². The molecule has 0 aliphatic carbocycles. The van der Waals surface area contributed by atoms with E-state index in [1.807, 2.05) is 6.08 Å². The molecular weight excluding hydrogens is 228 g/mol. The van der Waals surface area contributed by atoms with E-state index in [9.17, 15) is 4.79 Å². The van der Waals surface area contributed by atoms with Gasteiger partial charge in [0, 0.05) is 12.0 Å². The fourth-order valence-corrected chi connectivity index (χ4v) is 1.84. The first-order valence-corrected chi connectivity index (χ1v) is 9.76. The molecule has 1 unspecified atom stereocenters. The van der Waals surface area contributed by atoms with Crippen molar-refractivity contribution >= 4 is 14.0 Å². The van der Waals surface area contributed by atoms with Gasteiger partial charge in [0.25, 0.3) is 0 Å². The lowest BCUT2D eigenvalue weighted by Gasteiger charge is -2.07. The first kappa shape index (κ1) is 16.0. The molecule has 0 rings (SSSR count). The molecule has 0 N–H and O–H groups in total. The highest BCUT2D eigenvalue weighted by molar-refractivity contribution is 6.83. The highest BCUT2D eigenvalue weighted by Gasteiger charge is 2.09. The molecule has 0 bridgehead atoms.